The van der Waals surface area contributed by atoms with Gasteiger partial charge in [0.1, 0.15) is 6.54 Å². The molecule has 0 aliphatic carbocycles. The minimum absolute atomic E-state index is 0.101. The van der Waals surface area contributed by atoms with E-state index in [9.17, 15) is 9.59 Å². The van der Waals surface area contributed by atoms with Gasteiger partial charge in [0.05, 0.1) is 0 Å². The van der Waals surface area contributed by atoms with Crippen LogP contribution in [0, 0.1) is 5.92 Å². The second-order valence-electron chi connectivity index (χ2n) is 3.42. The van der Waals surface area contributed by atoms with Crippen molar-refractivity contribution in [3.8, 4) is 0 Å². The number of nitrogens with zero attached hydrogens (tertiary/aromatic N) is 1. The third-order valence-corrected chi connectivity index (χ3v) is 1.57. The van der Waals surface area contributed by atoms with Crippen molar-refractivity contribution in [3.05, 3.63) is 0 Å². The molecule has 0 saturated heterocycles. The lowest BCUT2D eigenvalue weighted by Crippen LogP contribution is -2.37. The van der Waals surface area contributed by atoms with Gasteiger partial charge in [-0.2, -0.15) is 0 Å². The smallest absolute Gasteiger partial charge is 0.323 e. The van der Waals surface area contributed by atoms with Gasteiger partial charge < -0.3 is 10.0 Å². The van der Waals surface area contributed by atoms with Gasteiger partial charge in [-0.1, -0.05) is 20.8 Å². The Bertz CT molecular complexity index is 189. The van der Waals surface area contributed by atoms with Crippen LogP contribution in [0.1, 0.15) is 27.2 Å². The van der Waals surface area contributed by atoms with Crippen molar-refractivity contribution < 1.29 is 14.7 Å². The Morgan fingerprint density at radius 1 is 1.38 bits per heavy atom. The van der Waals surface area contributed by atoms with Gasteiger partial charge in [-0.3, -0.25) is 9.59 Å². The van der Waals surface area contributed by atoms with E-state index in [1.54, 1.807) is 6.92 Å². The van der Waals surface area contributed by atoms with Crippen molar-refractivity contribution in [2.45, 2.75) is 27.2 Å². The van der Waals surface area contributed by atoms with Crippen LogP contribution in [0.5, 0.6) is 0 Å². The minimum atomic E-state index is -0.956. The molecule has 0 aliphatic heterocycles. The molecule has 76 valence electrons. The first kappa shape index (κ1) is 11.9. The van der Waals surface area contributed by atoms with Gasteiger partial charge in [0.25, 0.3) is 0 Å². The molecule has 0 atom stereocenters. The van der Waals surface area contributed by atoms with Gasteiger partial charge in [-0.15, -0.1) is 0 Å². The summed E-state index contributed by atoms with van der Waals surface area (Å²) >= 11 is 0. The molecule has 0 aromatic heterocycles. The highest BCUT2D eigenvalue weighted by Crippen LogP contribution is 2.00. The van der Waals surface area contributed by atoms with Crippen molar-refractivity contribution in [3.63, 3.8) is 0 Å². The predicted octanol–water partition coefficient (Wildman–Crippen LogP) is 0.966. The first-order chi connectivity index (χ1) is 5.97. The van der Waals surface area contributed by atoms with E-state index < -0.39 is 5.97 Å². The van der Waals surface area contributed by atoms with Crippen LogP contribution in [-0.2, 0) is 9.59 Å². The first-order valence-corrected chi connectivity index (χ1v) is 4.47. The zero-order valence-corrected chi connectivity index (χ0v) is 8.41. The largest absolute Gasteiger partial charge is 0.480 e. The summed E-state index contributed by atoms with van der Waals surface area (Å²) in [6.45, 7) is 5.97. The standard InChI is InChI=1S/C9H17NO3/c1-4-8(11)10(5-7(2)3)6-9(12)13/h7H,4-6H2,1-3H3,(H,12,13). The van der Waals surface area contributed by atoms with Crippen LogP contribution in [0.2, 0.25) is 0 Å². The van der Waals surface area contributed by atoms with Gasteiger partial charge in [-0.05, 0) is 5.92 Å². The van der Waals surface area contributed by atoms with Crippen molar-refractivity contribution in [2.24, 2.45) is 5.92 Å². The maximum absolute atomic E-state index is 11.2. The number of carboxylic acid groups (broad SMARTS) is 1. The Morgan fingerprint density at radius 2 is 1.92 bits per heavy atom. The van der Waals surface area contributed by atoms with Crippen molar-refractivity contribution in [1.82, 2.24) is 4.90 Å². The maximum atomic E-state index is 11.2. The maximum Gasteiger partial charge on any atom is 0.323 e. The summed E-state index contributed by atoms with van der Waals surface area (Å²) in [5.74, 6) is -0.756. The third kappa shape index (κ3) is 5.22. The Morgan fingerprint density at radius 3 is 2.23 bits per heavy atom. The van der Waals surface area contributed by atoms with Gasteiger partial charge in [0, 0.05) is 13.0 Å². The summed E-state index contributed by atoms with van der Waals surface area (Å²) in [7, 11) is 0. The van der Waals surface area contributed by atoms with E-state index in [1.165, 1.54) is 4.90 Å². The molecule has 0 radical (unpaired) electrons. The Labute approximate surface area is 78.5 Å². The number of carboxylic acids is 1. The van der Waals surface area contributed by atoms with Crippen molar-refractivity contribution >= 4 is 11.9 Å². The monoisotopic (exact) mass is 187 g/mol. The molecular weight excluding hydrogens is 170 g/mol. The van der Waals surface area contributed by atoms with Crippen molar-refractivity contribution in [2.75, 3.05) is 13.1 Å². The second-order valence-corrected chi connectivity index (χ2v) is 3.42. The van der Waals surface area contributed by atoms with E-state index in [0.29, 0.717) is 18.9 Å². The number of rotatable bonds is 5. The fourth-order valence-electron chi connectivity index (χ4n) is 1.08. The molecule has 1 N–H and O–H groups in total. The average molecular weight is 187 g/mol. The molecule has 0 aromatic carbocycles. The average Bonchev–Trinajstić information content (AvgIpc) is 2.00. The summed E-state index contributed by atoms with van der Waals surface area (Å²) in [4.78, 5) is 23.0. The number of hydrogen-bond donors (Lipinski definition) is 1. The molecule has 0 aliphatic rings. The SMILES string of the molecule is CCC(=O)N(CC(=O)O)CC(C)C. The lowest BCUT2D eigenvalue weighted by molar-refractivity contribution is -0.144. The molecule has 13 heavy (non-hydrogen) atoms. The molecule has 0 rings (SSSR count). The number of hydrogen-bond acceptors (Lipinski definition) is 2. The van der Waals surface area contributed by atoms with E-state index in [-0.39, 0.29) is 12.5 Å². The zero-order chi connectivity index (χ0) is 10.4. The van der Waals surface area contributed by atoms with E-state index in [4.69, 9.17) is 5.11 Å². The molecule has 0 unspecified atom stereocenters. The molecular formula is C9H17NO3. The lowest BCUT2D eigenvalue weighted by Gasteiger charge is -2.21. The predicted molar refractivity (Wildman–Crippen MR) is 49.3 cm³/mol. The minimum Gasteiger partial charge on any atom is -0.480 e. The van der Waals surface area contributed by atoms with Gasteiger partial charge >= 0.3 is 5.97 Å². The van der Waals surface area contributed by atoms with E-state index in [1.807, 2.05) is 13.8 Å². The van der Waals surface area contributed by atoms with Crippen LogP contribution in [0.4, 0.5) is 0 Å². The molecule has 0 bridgehead atoms. The second kappa shape index (κ2) is 5.56. The molecule has 0 aromatic rings. The quantitative estimate of drug-likeness (QED) is 0.697. The highest BCUT2D eigenvalue weighted by Gasteiger charge is 2.15. The molecule has 4 heteroatoms. The van der Waals surface area contributed by atoms with E-state index in [2.05, 4.69) is 0 Å². The Hall–Kier alpha value is -1.06. The fraction of sp³-hybridized carbons (Fsp3) is 0.778. The summed E-state index contributed by atoms with van der Waals surface area (Å²) in [6, 6.07) is 0. The van der Waals surface area contributed by atoms with Gasteiger partial charge in [0.2, 0.25) is 5.91 Å². The summed E-state index contributed by atoms with van der Waals surface area (Å²) in [5.41, 5.74) is 0. The lowest BCUT2D eigenvalue weighted by atomic mass is 10.2. The summed E-state index contributed by atoms with van der Waals surface area (Å²) in [6.07, 6.45) is 0.361. The molecule has 4 nitrogen and oxygen atoms in total. The van der Waals surface area contributed by atoms with Crippen LogP contribution >= 0.6 is 0 Å². The number of amides is 1. The summed E-state index contributed by atoms with van der Waals surface area (Å²) < 4.78 is 0. The molecule has 0 saturated carbocycles. The third-order valence-electron chi connectivity index (χ3n) is 1.57. The topological polar surface area (TPSA) is 57.6 Å². The zero-order valence-electron chi connectivity index (χ0n) is 8.41. The number of carbonyl (C=O) groups excluding carboxylic acids is 1. The highest BCUT2D eigenvalue weighted by molar-refractivity contribution is 5.81. The number of carbonyl (C=O) groups is 2. The highest BCUT2D eigenvalue weighted by atomic mass is 16.4. The van der Waals surface area contributed by atoms with E-state index in [0.717, 1.165) is 0 Å². The Kier molecular flexibility index (Phi) is 5.11. The van der Waals surface area contributed by atoms with Gasteiger partial charge in [-0.25, -0.2) is 0 Å². The van der Waals surface area contributed by atoms with E-state index >= 15 is 0 Å². The molecule has 0 fully saturated rings. The molecule has 1 amide bonds. The van der Waals surface area contributed by atoms with Crippen LogP contribution < -0.4 is 0 Å². The van der Waals surface area contributed by atoms with Crippen LogP contribution in [0.3, 0.4) is 0 Å². The van der Waals surface area contributed by atoms with Crippen LogP contribution in [-0.4, -0.2) is 35.0 Å². The fourth-order valence-corrected chi connectivity index (χ4v) is 1.08. The molecule has 0 spiro atoms. The molecule has 0 heterocycles. The number of aliphatic carboxylic acids is 1. The Balaban J connectivity index is 4.18. The normalized spacial score (nSPS) is 10.2. The van der Waals surface area contributed by atoms with Crippen molar-refractivity contribution in [1.29, 1.82) is 0 Å². The van der Waals surface area contributed by atoms with Crippen LogP contribution in [0.15, 0.2) is 0 Å². The summed E-state index contributed by atoms with van der Waals surface area (Å²) in [5, 5.41) is 8.55. The first-order valence-electron chi connectivity index (χ1n) is 4.47. The van der Waals surface area contributed by atoms with Crippen LogP contribution in [0.25, 0.3) is 0 Å². The van der Waals surface area contributed by atoms with Gasteiger partial charge in [0.15, 0.2) is 0 Å².